The van der Waals surface area contributed by atoms with Gasteiger partial charge in [0.1, 0.15) is 0 Å². The van der Waals surface area contributed by atoms with E-state index in [0.29, 0.717) is 0 Å². The second-order valence-electron chi connectivity index (χ2n) is 3.10. The molecule has 0 aliphatic rings. The smallest absolute Gasteiger partial charge is 0.197 e. The number of nitrogens with zero attached hydrogens (tertiary/aromatic N) is 2. The van der Waals surface area contributed by atoms with Crippen molar-refractivity contribution in [1.82, 2.24) is 4.98 Å². The minimum atomic E-state index is 0.264. The van der Waals surface area contributed by atoms with E-state index in [-0.39, 0.29) is 5.82 Å². The van der Waals surface area contributed by atoms with Gasteiger partial charge in [0, 0.05) is 5.39 Å². The van der Waals surface area contributed by atoms with Crippen LogP contribution in [-0.2, 0) is 6.42 Å². The van der Waals surface area contributed by atoms with Crippen molar-refractivity contribution in [1.29, 1.82) is 0 Å². The summed E-state index contributed by atoms with van der Waals surface area (Å²) in [7, 11) is 0. The molecule has 0 spiro atoms. The molecule has 0 radical (unpaired) electrons. The third-order valence-corrected chi connectivity index (χ3v) is 2.26. The molecule has 2 aromatic rings. The Morgan fingerprint density at radius 3 is 2.86 bits per heavy atom. The maximum Gasteiger partial charge on any atom is 0.197 e. The lowest BCUT2D eigenvalue weighted by Crippen LogP contribution is -1.86. The number of fused-ring (bicyclic) bond motifs is 1. The Morgan fingerprint density at radius 1 is 1.36 bits per heavy atom. The van der Waals surface area contributed by atoms with Crippen LogP contribution in [0.15, 0.2) is 35.5 Å². The van der Waals surface area contributed by atoms with Crippen LogP contribution in [0.3, 0.4) is 0 Å². The van der Waals surface area contributed by atoms with Gasteiger partial charge in [-0.15, -0.1) is 4.91 Å². The van der Waals surface area contributed by atoms with E-state index in [0.717, 1.165) is 22.9 Å². The predicted molar refractivity (Wildman–Crippen MR) is 56.6 cm³/mol. The largest absolute Gasteiger partial charge is 0.226 e. The number of pyridine rings is 1. The molecule has 0 atom stereocenters. The Kier molecular flexibility index (Phi) is 2.23. The van der Waals surface area contributed by atoms with E-state index >= 15 is 0 Å². The van der Waals surface area contributed by atoms with Gasteiger partial charge < -0.3 is 0 Å². The predicted octanol–water partition coefficient (Wildman–Crippen LogP) is 3.20. The lowest BCUT2D eigenvalue weighted by atomic mass is 10.1. The molecule has 0 aliphatic heterocycles. The topological polar surface area (TPSA) is 42.3 Å². The van der Waals surface area contributed by atoms with Gasteiger partial charge in [-0.05, 0) is 29.3 Å². The number of benzene rings is 1. The number of hydrogen-bond donors (Lipinski definition) is 0. The molecule has 1 aromatic heterocycles. The van der Waals surface area contributed by atoms with Crippen LogP contribution in [0.4, 0.5) is 5.82 Å². The highest BCUT2D eigenvalue weighted by Gasteiger charge is 2.03. The van der Waals surface area contributed by atoms with E-state index in [2.05, 4.69) is 17.1 Å². The zero-order valence-electron chi connectivity index (χ0n) is 7.90. The van der Waals surface area contributed by atoms with Crippen LogP contribution in [0.1, 0.15) is 12.5 Å². The van der Waals surface area contributed by atoms with E-state index in [1.54, 1.807) is 6.07 Å². The van der Waals surface area contributed by atoms with Gasteiger partial charge in [0.05, 0.1) is 5.52 Å². The summed E-state index contributed by atoms with van der Waals surface area (Å²) in [6, 6.07) is 9.52. The zero-order valence-corrected chi connectivity index (χ0v) is 7.90. The van der Waals surface area contributed by atoms with Gasteiger partial charge in [0.25, 0.3) is 0 Å². The lowest BCUT2D eigenvalue weighted by molar-refractivity contribution is 1.14. The number of rotatable bonds is 2. The van der Waals surface area contributed by atoms with Gasteiger partial charge in [-0.3, -0.25) is 0 Å². The van der Waals surface area contributed by atoms with Crippen molar-refractivity contribution in [2.75, 3.05) is 0 Å². The van der Waals surface area contributed by atoms with Crippen LogP contribution in [0, 0.1) is 4.91 Å². The van der Waals surface area contributed by atoms with Crippen molar-refractivity contribution < 1.29 is 0 Å². The molecule has 0 saturated heterocycles. The maximum atomic E-state index is 10.4. The first-order valence-corrected chi connectivity index (χ1v) is 4.57. The van der Waals surface area contributed by atoms with Gasteiger partial charge in [-0.25, -0.2) is 4.98 Å². The monoisotopic (exact) mass is 186 g/mol. The molecule has 0 bridgehead atoms. The van der Waals surface area contributed by atoms with Gasteiger partial charge >= 0.3 is 0 Å². The SMILES string of the molecule is CCc1cc(N=O)nc2ccccc12. The Morgan fingerprint density at radius 2 is 2.14 bits per heavy atom. The number of para-hydroxylation sites is 1. The third-order valence-electron chi connectivity index (χ3n) is 2.26. The number of nitroso groups, excluding NO2 is 1. The molecule has 14 heavy (non-hydrogen) atoms. The summed E-state index contributed by atoms with van der Waals surface area (Å²) in [5.74, 6) is 0.264. The number of aromatic nitrogens is 1. The van der Waals surface area contributed by atoms with Crippen LogP contribution in [0.5, 0.6) is 0 Å². The molecule has 3 nitrogen and oxygen atoms in total. The van der Waals surface area contributed by atoms with E-state index in [9.17, 15) is 4.91 Å². The first-order chi connectivity index (χ1) is 6.85. The fraction of sp³-hybridized carbons (Fsp3) is 0.182. The second-order valence-corrected chi connectivity index (χ2v) is 3.10. The molecule has 0 N–H and O–H groups in total. The fourth-order valence-corrected chi connectivity index (χ4v) is 1.57. The highest BCUT2D eigenvalue weighted by atomic mass is 16.3. The Labute approximate surface area is 81.8 Å². The van der Waals surface area contributed by atoms with Crippen molar-refractivity contribution >= 4 is 16.7 Å². The number of aryl methyl sites for hydroxylation is 1. The van der Waals surface area contributed by atoms with Crippen molar-refractivity contribution in [3.63, 3.8) is 0 Å². The minimum absolute atomic E-state index is 0.264. The van der Waals surface area contributed by atoms with Gasteiger partial charge in [-0.2, -0.15) is 0 Å². The summed E-state index contributed by atoms with van der Waals surface area (Å²) in [5.41, 5.74) is 1.95. The van der Waals surface area contributed by atoms with E-state index in [1.807, 2.05) is 24.3 Å². The van der Waals surface area contributed by atoms with Crippen molar-refractivity contribution in [2.45, 2.75) is 13.3 Å². The molecule has 1 heterocycles. The summed E-state index contributed by atoms with van der Waals surface area (Å²) >= 11 is 0. The van der Waals surface area contributed by atoms with Crippen LogP contribution < -0.4 is 0 Å². The molecule has 0 amide bonds. The Bertz CT molecular complexity index is 480. The molecular weight excluding hydrogens is 176 g/mol. The Balaban J connectivity index is 2.79. The van der Waals surface area contributed by atoms with Crippen LogP contribution in [0.2, 0.25) is 0 Å². The summed E-state index contributed by atoms with van der Waals surface area (Å²) in [4.78, 5) is 14.5. The van der Waals surface area contributed by atoms with Gasteiger partial charge in [-0.1, -0.05) is 25.1 Å². The molecule has 0 fully saturated rings. The van der Waals surface area contributed by atoms with Crippen molar-refractivity contribution in [2.24, 2.45) is 5.18 Å². The van der Waals surface area contributed by atoms with Crippen LogP contribution >= 0.6 is 0 Å². The second kappa shape index (κ2) is 3.54. The molecule has 3 heteroatoms. The number of hydrogen-bond acceptors (Lipinski definition) is 3. The average Bonchev–Trinajstić information content (AvgIpc) is 2.27. The standard InChI is InChI=1S/C11H10N2O/c1-2-8-7-11(13-14)12-10-6-4-3-5-9(8)10/h3-7H,2H2,1H3. The zero-order chi connectivity index (χ0) is 9.97. The highest BCUT2D eigenvalue weighted by Crippen LogP contribution is 2.22. The lowest BCUT2D eigenvalue weighted by Gasteiger charge is -2.03. The molecule has 0 aliphatic carbocycles. The Hall–Kier alpha value is -1.77. The maximum absolute atomic E-state index is 10.4. The molecule has 1 aromatic carbocycles. The van der Waals surface area contributed by atoms with Crippen LogP contribution in [-0.4, -0.2) is 4.98 Å². The molecule has 2 rings (SSSR count). The van der Waals surface area contributed by atoms with Gasteiger partial charge in [0.2, 0.25) is 0 Å². The third kappa shape index (κ3) is 1.37. The van der Waals surface area contributed by atoms with Crippen LogP contribution in [0.25, 0.3) is 10.9 Å². The van der Waals surface area contributed by atoms with Gasteiger partial charge in [0.15, 0.2) is 5.82 Å². The summed E-state index contributed by atoms with van der Waals surface area (Å²) in [6.07, 6.45) is 0.881. The molecular formula is C11H10N2O. The molecule has 70 valence electrons. The van der Waals surface area contributed by atoms with E-state index in [1.165, 1.54) is 0 Å². The van der Waals surface area contributed by atoms with Crippen molar-refractivity contribution in [3.05, 3.63) is 40.8 Å². The van der Waals surface area contributed by atoms with Crippen molar-refractivity contribution in [3.8, 4) is 0 Å². The summed E-state index contributed by atoms with van der Waals surface area (Å²) in [5, 5.41) is 3.97. The fourth-order valence-electron chi connectivity index (χ4n) is 1.57. The molecule has 0 unspecified atom stereocenters. The van der Waals surface area contributed by atoms with E-state index in [4.69, 9.17) is 0 Å². The summed E-state index contributed by atoms with van der Waals surface area (Å²) in [6.45, 7) is 2.05. The quantitative estimate of drug-likeness (QED) is 0.676. The highest BCUT2D eigenvalue weighted by molar-refractivity contribution is 5.83. The average molecular weight is 186 g/mol. The molecule has 0 saturated carbocycles. The van der Waals surface area contributed by atoms with E-state index < -0.39 is 0 Å². The minimum Gasteiger partial charge on any atom is -0.226 e. The first kappa shape index (κ1) is 8.81. The first-order valence-electron chi connectivity index (χ1n) is 4.57. The normalized spacial score (nSPS) is 10.4. The summed E-state index contributed by atoms with van der Waals surface area (Å²) < 4.78 is 0.